The first-order valence-electron chi connectivity index (χ1n) is 9.57. The molecule has 7 heteroatoms. The van der Waals surface area contributed by atoms with E-state index >= 15 is 0 Å². The number of ether oxygens (including phenoxy) is 2. The summed E-state index contributed by atoms with van der Waals surface area (Å²) in [7, 11) is 3.27. The molecular formula is C23H22N4O3. The summed E-state index contributed by atoms with van der Waals surface area (Å²) in [5, 5.41) is 7.37. The van der Waals surface area contributed by atoms with Crippen LogP contribution < -0.4 is 14.8 Å². The maximum atomic E-state index is 5.38. The number of nitrogens with one attached hydrogen (secondary N) is 1. The largest absolute Gasteiger partial charge is 0.493 e. The standard InChI is InChI=1S/C23H22N4O3/c1-28-19-10-8-16(14-20(19)29-2)12-13-24-21-11-9-18(15-25-21)23-26-22(27-30-23)17-6-4-3-5-7-17/h3-11,14-15H,12-13H2,1-2H3,(H,24,25). The Hall–Kier alpha value is -3.87. The molecule has 0 fully saturated rings. The van der Waals surface area contributed by atoms with Crippen molar-refractivity contribution in [2.45, 2.75) is 6.42 Å². The zero-order chi connectivity index (χ0) is 20.8. The van der Waals surface area contributed by atoms with E-state index in [-0.39, 0.29) is 0 Å². The smallest absolute Gasteiger partial charge is 0.259 e. The van der Waals surface area contributed by atoms with Crippen LogP contribution in [0.3, 0.4) is 0 Å². The molecule has 4 rings (SSSR count). The summed E-state index contributed by atoms with van der Waals surface area (Å²) in [6.45, 7) is 0.737. The molecule has 7 nitrogen and oxygen atoms in total. The highest BCUT2D eigenvalue weighted by atomic mass is 16.5. The van der Waals surface area contributed by atoms with Crippen molar-refractivity contribution in [3.05, 3.63) is 72.4 Å². The van der Waals surface area contributed by atoms with Crippen molar-refractivity contribution < 1.29 is 14.0 Å². The summed E-state index contributed by atoms with van der Waals surface area (Å²) in [5.74, 6) is 3.23. The van der Waals surface area contributed by atoms with E-state index in [0.717, 1.165) is 47.0 Å². The Bertz CT molecular complexity index is 1100. The summed E-state index contributed by atoms with van der Waals surface area (Å²) in [4.78, 5) is 8.90. The third-order valence-electron chi connectivity index (χ3n) is 4.64. The molecule has 2 aromatic carbocycles. The predicted molar refractivity (Wildman–Crippen MR) is 115 cm³/mol. The molecule has 0 amide bonds. The first-order valence-corrected chi connectivity index (χ1v) is 9.57. The van der Waals surface area contributed by atoms with Crippen LogP contribution in [0.25, 0.3) is 22.8 Å². The first-order chi connectivity index (χ1) is 14.8. The number of rotatable bonds is 8. The van der Waals surface area contributed by atoms with E-state index in [4.69, 9.17) is 14.0 Å². The normalized spacial score (nSPS) is 10.6. The predicted octanol–water partition coefficient (Wildman–Crippen LogP) is 4.47. The fourth-order valence-corrected chi connectivity index (χ4v) is 3.04. The fraction of sp³-hybridized carbons (Fsp3) is 0.174. The molecule has 4 aromatic rings. The van der Waals surface area contributed by atoms with Crippen molar-refractivity contribution in [3.8, 4) is 34.3 Å². The zero-order valence-electron chi connectivity index (χ0n) is 16.8. The van der Waals surface area contributed by atoms with E-state index in [1.807, 2.05) is 60.7 Å². The highest BCUT2D eigenvalue weighted by Gasteiger charge is 2.11. The molecule has 0 saturated heterocycles. The number of methoxy groups -OCH3 is 2. The van der Waals surface area contributed by atoms with Crippen molar-refractivity contribution in [1.29, 1.82) is 0 Å². The maximum absolute atomic E-state index is 5.38. The minimum Gasteiger partial charge on any atom is -0.493 e. The summed E-state index contributed by atoms with van der Waals surface area (Å²) in [6, 6.07) is 19.4. The second-order valence-corrected chi connectivity index (χ2v) is 6.59. The molecule has 0 aliphatic rings. The van der Waals surface area contributed by atoms with Crippen LogP contribution in [0, 0.1) is 0 Å². The molecule has 0 atom stereocenters. The van der Waals surface area contributed by atoms with Gasteiger partial charge in [-0.2, -0.15) is 4.98 Å². The lowest BCUT2D eigenvalue weighted by molar-refractivity contribution is 0.354. The van der Waals surface area contributed by atoms with E-state index in [0.29, 0.717) is 11.7 Å². The van der Waals surface area contributed by atoms with Crippen LogP contribution in [-0.2, 0) is 6.42 Å². The molecule has 1 N–H and O–H groups in total. The zero-order valence-corrected chi connectivity index (χ0v) is 16.8. The number of pyridine rings is 1. The average molecular weight is 402 g/mol. The van der Waals surface area contributed by atoms with Crippen LogP contribution in [0.5, 0.6) is 11.5 Å². The molecule has 0 saturated carbocycles. The number of hydrogen-bond donors (Lipinski definition) is 1. The molecule has 0 bridgehead atoms. The Morgan fingerprint density at radius 1 is 0.900 bits per heavy atom. The SMILES string of the molecule is COc1ccc(CCNc2ccc(-c3nc(-c4ccccc4)no3)cn2)cc1OC. The molecular weight excluding hydrogens is 380 g/mol. The van der Waals surface area contributed by atoms with Crippen molar-refractivity contribution >= 4 is 5.82 Å². The van der Waals surface area contributed by atoms with Gasteiger partial charge in [-0.05, 0) is 36.2 Å². The van der Waals surface area contributed by atoms with Gasteiger partial charge in [-0.25, -0.2) is 4.98 Å². The molecule has 0 aliphatic heterocycles. The van der Waals surface area contributed by atoms with Crippen LogP contribution in [-0.4, -0.2) is 35.9 Å². The molecule has 30 heavy (non-hydrogen) atoms. The van der Waals surface area contributed by atoms with Crippen LogP contribution in [0.1, 0.15) is 5.56 Å². The minimum atomic E-state index is 0.443. The Morgan fingerprint density at radius 3 is 2.47 bits per heavy atom. The van der Waals surface area contributed by atoms with E-state index < -0.39 is 0 Å². The van der Waals surface area contributed by atoms with Gasteiger partial charge < -0.3 is 19.3 Å². The summed E-state index contributed by atoms with van der Waals surface area (Å²) in [6.07, 6.45) is 2.55. The summed E-state index contributed by atoms with van der Waals surface area (Å²) >= 11 is 0. The quantitative estimate of drug-likeness (QED) is 0.465. The Labute approximate surface area is 174 Å². The maximum Gasteiger partial charge on any atom is 0.259 e. The van der Waals surface area contributed by atoms with Crippen molar-refractivity contribution in [3.63, 3.8) is 0 Å². The van der Waals surface area contributed by atoms with Crippen molar-refractivity contribution in [1.82, 2.24) is 15.1 Å². The van der Waals surface area contributed by atoms with Crippen LogP contribution in [0.15, 0.2) is 71.4 Å². The van der Waals surface area contributed by atoms with Crippen molar-refractivity contribution in [2.24, 2.45) is 0 Å². The number of nitrogens with zero attached hydrogens (tertiary/aromatic N) is 3. The van der Waals surface area contributed by atoms with Crippen LogP contribution >= 0.6 is 0 Å². The topological polar surface area (TPSA) is 82.3 Å². The first kappa shape index (κ1) is 19.4. The van der Waals surface area contributed by atoms with E-state index in [2.05, 4.69) is 20.4 Å². The number of aromatic nitrogens is 3. The van der Waals surface area contributed by atoms with Gasteiger partial charge in [0.25, 0.3) is 5.89 Å². The molecule has 0 aliphatic carbocycles. The van der Waals surface area contributed by atoms with Gasteiger partial charge >= 0.3 is 0 Å². The second kappa shape index (κ2) is 9.09. The van der Waals surface area contributed by atoms with Gasteiger partial charge in [-0.1, -0.05) is 41.6 Å². The number of benzene rings is 2. The van der Waals surface area contributed by atoms with Gasteiger partial charge in [0.2, 0.25) is 5.82 Å². The Balaban J connectivity index is 1.36. The molecule has 2 aromatic heterocycles. The number of hydrogen-bond acceptors (Lipinski definition) is 7. The van der Waals surface area contributed by atoms with Crippen LogP contribution in [0.2, 0.25) is 0 Å². The molecule has 0 spiro atoms. The molecule has 0 unspecified atom stereocenters. The van der Waals surface area contributed by atoms with Gasteiger partial charge in [0, 0.05) is 18.3 Å². The molecule has 152 valence electrons. The van der Waals surface area contributed by atoms with Crippen LogP contribution in [0.4, 0.5) is 5.82 Å². The third kappa shape index (κ3) is 4.41. The van der Waals surface area contributed by atoms with E-state index in [9.17, 15) is 0 Å². The lowest BCUT2D eigenvalue weighted by Gasteiger charge is -2.10. The second-order valence-electron chi connectivity index (χ2n) is 6.59. The highest BCUT2D eigenvalue weighted by Crippen LogP contribution is 2.27. The third-order valence-corrected chi connectivity index (χ3v) is 4.64. The Kier molecular flexibility index (Phi) is 5.89. The molecule has 0 radical (unpaired) electrons. The van der Waals surface area contributed by atoms with Gasteiger partial charge in [0.1, 0.15) is 5.82 Å². The van der Waals surface area contributed by atoms with Gasteiger partial charge in [-0.3, -0.25) is 0 Å². The molecule has 2 heterocycles. The lowest BCUT2D eigenvalue weighted by atomic mass is 10.1. The number of anilines is 1. The van der Waals surface area contributed by atoms with Gasteiger partial charge in [-0.15, -0.1) is 0 Å². The lowest BCUT2D eigenvalue weighted by Crippen LogP contribution is -2.06. The minimum absolute atomic E-state index is 0.443. The summed E-state index contributed by atoms with van der Waals surface area (Å²) in [5.41, 5.74) is 2.83. The fourth-order valence-electron chi connectivity index (χ4n) is 3.04. The van der Waals surface area contributed by atoms with E-state index in [1.165, 1.54) is 0 Å². The summed E-state index contributed by atoms with van der Waals surface area (Å²) < 4.78 is 16.0. The monoisotopic (exact) mass is 402 g/mol. The van der Waals surface area contributed by atoms with Crippen molar-refractivity contribution in [2.75, 3.05) is 26.1 Å². The van der Waals surface area contributed by atoms with E-state index in [1.54, 1.807) is 20.4 Å². The van der Waals surface area contributed by atoms with Gasteiger partial charge in [0.15, 0.2) is 11.5 Å². The highest BCUT2D eigenvalue weighted by molar-refractivity contribution is 5.60. The Morgan fingerprint density at radius 2 is 1.73 bits per heavy atom. The van der Waals surface area contributed by atoms with Gasteiger partial charge in [0.05, 0.1) is 19.8 Å². The average Bonchev–Trinajstić information content (AvgIpc) is 3.30.